The average Bonchev–Trinajstić information content (AvgIpc) is 3.13. The first-order chi connectivity index (χ1) is 13.2. The number of amides is 2. The Kier molecular flexibility index (Phi) is 5.38. The van der Waals surface area contributed by atoms with E-state index >= 15 is 0 Å². The molecule has 0 saturated carbocycles. The first-order valence-corrected chi connectivity index (χ1v) is 9.89. The molecule has 27 heavy (non-hydrogen) atoms. The largest absolute Gasteiger partial charge is 0.338 e. The number of nitrogens with one attached hydrogen (secondary N) is 1. The van der Waals surface area contributed by atoms with Crippen molar-refractivity contribution in [3.63, 3.8) is 0 Å². The zero-order valence-corrected chi connectivity index (χ0v) is 16.0. The van der Waals surface area contributed by atoms with Gasteiger partial charge in [0.15, 0.2) is 11.6 Å². The molecule has 1 aromatic carbocycles. The van der Waals surface area contributed by atoms with E-state index < -0.39 is 0 Å². The third-order valence-electron chi connectivity index (χ3n) is 5.74. The van der Waals surface area contributed by atoms with E-state index in [1.54, 1.807) is 0 Å². The van der Waals surface area contributed by atoms with Crippen LogP contribution in [0.25, 0.3) is 11.4 Å². The van der Waals surface area contributed by atoms with E-state index in [0.29, 0.717) is 13.1 Å². The van der Waals surface area contributed by atoms with Crippen LogP contribution in [0.3, 0.4) is 0 Å². The average molecular weight is 368 g/mol. The molecule has 2 amide bonds. The zero-order valence-electron chi connectivity index (χ0n) is 16.0. The molecule has 2 aromatic rings. The summed E-state index contributed by atoms with van der Waals surface area (Å²) in [6.45, 7) is 5.03. The number of carbonyl (C=O) groups is 1. The number of piperidine rings is 1. The van der Waals surface area contributed by atoms with Crippen LogP contribution in [0, 0.1) is 5.92 Å². The van der Waals surface area contributed by atoms with Gasteiger partial charge in [0.25, 0.3) is 0 Å². The fourth-order valence-corrected chi connectivity index (χ4v) is 3.98. The van der Waals surface area contributed by atoms with Gasteiger partial charge in [0.1, 0.15) is 0 Å². The van der Waals surface area contributed by atoms with Crippen LogP contribution in [-0.4, -0.2) is 63.8 Å². The van der Waals surface area contributed by atoms with Crippen molar-refractivity contribution in [2.75, 3.05) is 33.2 Å². The van der Waals surface area contributed by atoms with Crippen LogP contribution < -0.4 is 5.32 Å². The molecule has 0 unspecified atom stereocenters. The second kappa shape index (κ2) is 8.08. The highest BCUT2D eigenvalue weighted by atomic mass is 16.2. The predicted molar refractivity (Wildman–Crippen MR) is 104 cm³/mol. The third-order valence-corrected chi connectivity index (χ3v) is 5.74. The predicted octanol–water partition coefficient (Wildman–Crippen LogP) is 2.20. The molecule has 2 aliphatic rings. The van der Waals surface area contributed by atoms with Gasteiger partial charge >= 0.3 is 6.03 Å². The minimum atomic E-state index is 0.0124. The molecule has 0 radical (unpaired) electrons. The molecule has 0 spiro atoms. The van der Waals surface area contributed by atoms with E-state index in [1.165, 1.54) is 25.9 Å². The molecule has 144 valence electrons. The fourth-order valence-electron chi connectivity index (χ4n) is 3.98. The quantitative estimate of drug-likeness (QED) is 0.898. The maximum Gasteiger partial charge on any atom is 0.317 e. The summed E-state index contributed by atoms with van der Waals surface area (Å²) in [6, 6.07) is 10.1. The molecule has 0 bridgehead atoms. The maximum atomic E-state index is 12.5. The molecule has 0 aliphatic carbocycles. The molecule has 7 heteroatoms. The Bertz CT molecular complexity index is 766. The van der Waals surface area contributed by atoms with Crippen molar-refractivity contribution in [3.05, 3.63) is 36.2 Å². The molecule has 3 heterocycles. The van der Waals surface area contributed by atoms with Crippen LogP contribution in [0.2, 0.25) is 0 Å². The van der Waals surface area contributed by atoms with Crippen molar-refractivity contribution < 1.29 is 4.79 Å². The van der Waals surface area contributed by atoms with Gasteiger partial charge in [0.05, 0.1) is 6.54 Å². The fraction of sp³-hybridized carbons (Fsp3) is 0.550. The van der Waals surface area contributed by atoms with Gasteiger partial charge in [-0.05, 0) is 45.3 Å². The summed E-state index contributed by atoms with van der Waals surface area (Å²) >= 11 is 0. The van der Waals surface area contributed by atoms with Crippen molar-refractivity contribution in [1.29, 1.82) is 0 Å². The van der Waals surface area contributed by atoms with Crippen LogP contribution >= 0.6 is 0 Å². The van der Waals surface area contributed by atoms with Gasteiger partial charge in [0.2, 0.25) is 0 Å². The molecule has 7 nitrogen and oxygen atoms in total. The number of nitrogens with zero attached hydrogens (tertiary/aromatic N) is 5. The van der Waals surface area contributed by atoms with Crippen LogP contribution in [-0.2, 0) is 13.1 Å². The monoisotopic (exact) mass is 368 g/mol. The Morgan fingerprint density at radius 1 is 1.11 bits per heavy atom. The molecule has 1 fully saturated rings. The molecule has 2 aliphatic heterocycles. The highest BCUT2D eigenvalue weighted by molar-refractivity contribution is 5.74. The Morgan fingerprint density at radius 3 is 2.67 bits per heavy atom. The molecule has 1 aromatic heterocycles. The number of hydrogen-bond donors (Lipinski definition) is 1. The number of likely N-dealkylation sites (tertiary alicyclic amines) is 1. The smallest absolute Gasteiger partial charge is 0.317 e. The standard InChI is InChI=1S/C20H28N6O/c1-24-11-8-16(9-12-24)7-10-21-20(27)25-13-14-26-18(15-25)22-23-19(26)17-5-3-2-4-6-17/h2-6,16H,7-15H2,1H3,(H,21,27). The van der Waals surface area contributed by atoms with Crippen molar-refractivity contribution in [3.8, 4) is 11.4 Å². The second-order valence-corrected chi connectivity index (χ2v) is 7.65. The van der Waals surface area contributed by atoms with Gasteiger partial charge in [-0.3, -0.25) is 0 Å². The highest BCUT2D eigenvalue weighted by Crippen LogP contribution is 2.22. The van der Waals surface area contributed by atoms with Crippen LogP contribution in [0.15, 0.2) is 30.3 Å². The Labute approximate surface area is 160 Å². The first-order valence-electron chi connectivity index (χ1n) is 9.89. The van der Waals surface area contributed by atoms with Crippen molar-refractivity contribution in [2.45, 2.75) is 32.4 Å². The van der Waals surface area contributed by atoms with E-state index in [4.69, 9.17) is 0 Å². The number of fused-ring (bicyclic) bond motifs is 1. The van der Waals surface area contributed by atoms with Gasteiger partial charge in [-0.25, -0.2) is 4.79 Å². The molecule has 1 N–H and O–H groups in total. The lowest BCUT2D eigenvalue weighted by atomic mass is 9.94. The lowest BCUT2D eigenvalue weighted by Crippen LogP contribution is -2.45. The van der Waals surface area contributed by atoms with E-state index in [0.717, 1.165) is 42.6 Å². The van der Waals surface area contributed by atoms with Gasteiger partial charge in [-0.1, -0.05) is 30.3 Å². The third kappa shape index (κ3) is 4.13. The number of rotatable bonds is 4. The maximum absolute atomic E-state index is 12.5. The number of benzene rings is 1. The minimum absolute atomic E-state index is 0.0124. The Balaban J connectivity index is 1.29. The van der Waals surface area contributed by atoms with Crippen LogP contribution in [0.5, 0.6) is 0 Å². The topological polar surface area (TPSA) is 66.3 Å². The van der Waals surface area contributed by atoms with Crippen LogP contribution in [0.4, 0.5) is 4.79 Å². The highest BCUT2D eigenvalue weighted by Gasteiger charge is 2.25. The molecule has 1 saturated heterocycles. The Morgan fingerprint density at radius 2 is 1.89 bits per heavy atom. The summed E-state index contributed by atoms with van der Waals surface area (Å²) < 4.78 is 2.12. The van der Waals surface area contributed by atoms with Crippen molar-refractivity contribution >= 4 is 6.03 Å². The summed E-state index contributed by atoms with van der Waals surface area (Å²) in [6.07, 6.45) is 3.55. The molecule has 0 atom stereocenters. The summed E-state index contributed by atoms with van der Waals surface area (Å²) in [5.41, 5.74) is 1.06. The SMILES string of the molecule is CN1CCC(CCNC(=O)N2CCn3c(nnc3-c3ccccc3)C2)CC1. The van der Waals surface area contributed by atoms with Crippen molar-refractivity contribution in [1.82, 2.24) is 29.9 Å². The minimum Gasteiger partial charge on any atom is -0.338 e. The molecular formula is C20H28N6O. The van der Waals surface area contributed by atoms with Crippen molar-refractivity contribution in [2.24, 2.45) is 5.92 Å². The lowest BCUT2D eigenvalue weighted by molar-refractivity contribution is 0.178. The summed E-state index contributed by atoms with van der Waals surface area (Å²) in [5.74, 6) is 2.47. The Hall–Kier alpha value is -2.41. The second-order valence-electron chi connectivity index (χ2n) is 7.65. The summed E-state index contributed by atoms with van der Waals surface area (Å²) in [7, 11) is 2.18. The first kappa shape index (κ1) is 18.0. The van der Waals surface area contributed by atoms with Gasteiger partial charge < -0.3 is 19.7 Å². The van der Waals surface area contributed by atoms with E-state index in [2.05, 4.69) is 32.0 Å². The van der Waals surface area contributed by atoms with Gasteiger partial charge in [0, 0.05) is 25.2 Å². The number of hydrogen-bond acceptors (Lipinski definition) is 4. The van der Waals surface area contributed by atoms with Crippen LogP contribution in [0.1, 0.15) is 25.1 Å². The molecular weight excluding hydrogens is 340 g/mol. The number of carbonyl (C=O) groups excluding carboxylic acids is 1. The summed E-state index contributed by atoms with van der Waals surface area (Å²) in [4.78, 5) is 16.7. The summed E-state index contributed by atoms with van der Waals surface area (Å²) in [5, 5.41) is 11.8. The number of aromatic nitrogens is 3. The van der Waals surface area contributed by atoms with Gasteiger partial charge in [-0.2, -0.15) is 0 Å². The van der Waals surface area contributed by atoms with E-state index in [9.17, 15) is 4.79 Å². The lowest BCUT2D eigenvalue weighted by Gasteiger charge is -2.30. The zero-order chi connectivity index (χ0) is 18.6. The van der Waals surface area contributed by atoms with Gasteiger partial charge in [-0.15, -0.1) is 10.2 Å². The number of urea groups is 1. The normalized spacial score (nSPS) is 18.3. The van der Waals surface area contributed by atoms with E-state index in [-0.39, 0.29) is 6.03 Å². The van der Waals surface area contributed by atoms with E-state index in [1.807, 2.05) is 35.2 Å². The molecule has 4 rings (SSSR count).